The number of fused-ring (bicyclic) bond motifs is 1. The highest BCUT2D eigenvalue weighted by Crippen LogP contribution is 2.44. The number of nitrogens with one attached hydrogen (secondary N) is 2. The van der Waals surface area contributed by atoms with Crippen molar-refractivity contribution in [2.45, 2.75) is 51.5 Å². The lowest BCUT2D eigenvalue weighted by atomic mass is 9.67. The minimum atomic E-state index is -0.187. The predicted molar refractivity (Wildman–Crippen MR) is 113 cm³/mol. The number of amides is 2. The first kappa shape index (κ1) is 21.1. The lowest BCUT2D eigenvalue weighted by Gasteiger charge is -2.39. The molecule has 1 aliphatic carbocycles. The molecule has 1 aromatic rings. The Kier molecular flexibility index (Phi) is 6.66. The number of carbonyl (C=O) groups excluding carboxylic acids is 2. The van der Waals surface area contributed by atoms with Crippen molar-refractivity contribution in [2.75, 3.05) is 26.2 Å². The minimum Gasteiger partial charge on any atom is -0.353 e. The van der Waals surface area contributed by atoms with Crippen LogP contribution < -0.4 is 10.6 Å². The molecular weight excluding hydrogens is 374 g/mol. The molecule has 4 rings (SSSR count). The average Bonchev–Trinajstić information content (AvgIpc) is 3.14. The summed E-state index contributed by atoms with van der Waals surface area (Å²) in [4.78, 5) is 27.7. The van der Waals surface area contributed by atoms with Crippen molar-refractivity contribution >= 4 is 24.2 Å². The van der Waals surface area contributed by atoms with E-state index < -0.39 is 0 Å². The van der Waals surface area contributed by atoms with Crippen LogP contribution in [0.4, 0.5) is 0 Å². The van der Waals surface area contributed by atoms with Gasteiger partial charge in [-0.2, -0.15) is 0 Å². The van der Waals surface area contributed by atoms with Gasteiger partial charge in [0.1, 0.15) is 0 Å². The normalized spacial score (nSPS) is 27.6. The van der Waals surface area contributed by atoms with Crippen LogP contribution >= 0.6 is 12.4 Å². The molecule has 6 heteroatoms. The van der Waals surface area contributed by atoms with E-state index in [2.05, 4.69) is 10.6 Å². The maximum absolute atomic E-state index is 13.1. The maximum Gasteiger partial charge on any atom is 0.253 e. The SMILES string of the molecule is Cc1ccc(C(=O)N2CCC(NC(=O)[C@@]34CCCC[C@H]3CNC4)CC2)cc1.Cl. The minimum absolute atomic E-state index is 0. The van der Waals surface area contributed by atoms with Gasteiger partial charge in [0.25, 0.3) is 5.91 Å². The van der Waals surface area contributed by atoms with Crippen LogP contribution in [-0.4, -0.2) is 48.9 Å². The number of aryl methyl sites for hydroxylation is 1. The highest BCUT2D eigenvalue weighted by Gasteiger charge is 2.50. The number of rotatable bonds is 3. The summed E-state index contributed by atoms with van der Waals surface area (Å²) in [6.07, 6.45) is 6.29. The number of halogens is 1. The maximum atomic E-state index is 13.1. The summed E-state index contributed by atoms with van der Waals surface area (Å²) >= 11 is 0. The summed E-state index contributed by atoms with van der Waals surface area (Å²) in [5.74, 6) is 0.848. The Morgan fingerprint density at radius 1 is 1.11 bits per heavy atom. The molecule has 0 bridgehead atoms. The van der Waals surface area contributed by atoms with Crippen molar-refractivity contribution in [2.24, 2.45) is 11.3 Å². The zero-order valence-electron chi connectivity index (χ0n) is 16.7. The van der Waals surface area contributed by atoms with Gasteiger partial charge in [-0.25, -0.2) is 0 Å². The number of carbonyl (C=O) groups is 2. The van der Waals surface area contributed by atoms with E-state index in [-0.39, 0.29) is 35.7 Å². The smallest absolute Gasteiger partial charge is 0.253 e. The van der Waals surface area contributed by atoms with E-state index in [1.54, 1.807) is 0 Å². The van der Waals surface area contributed by atoms with Gasteiger partial charge in [-0.15, -0.1) is 12.4 Å². The van der Waals surface area contributed by atoms with Crippen LogP contribution in [0.1, 0.15) is 54.4 Å². The fourth-order valence-electron chi connectivity index (χ4n) is 5.13. The van der Waals surface area contributed by atoms with Gasteiger partial charge >= 0.3 is 0 Å². The molecule has 0 radical (unpaired) electrons. The van der Waals surface area contributed by atoms with Crippen LogP contribution in [0.2, 0.25) is 0 Å². The molecule has 154 valence electrons. The van der Waals surface area contributed by atoms with Crippen LogP contribution in [0.5, 0.6) is 0 Å². The first-order valence-corrected chi connectivity index (χ1v) is 10.5. The number of benzene rings is 1. The quantitative estimate of drug-likeness (QED) is 0.812. The lowest BCUT2D eigenvalue weighted by Crippen LogP contribution is -2.53. The zero-order valence-corrected chi connectivity index (χ0v) is 17.5. The van der Waals surface area contributed by atoms with E-state index in [9.17, 15) is 9.59 Å². The van der Waals surface area contributed by atoms with Gasteiger partial charge in [-0.05, 0) is 57.2 Å². The monoisotopic (exact) mass is 405 g/mol. The van der Waals surface area contributed by atoms with Crippen LogP contribution in [-0.2, 0) is 4.79 Å². The summed E-state index contributed by atoms with van der Waals surface area (Å²) in [5.41, 5.74) is 1.73. The van der Waals surface area contributed by atoms with E-state index in [1.165, 1.54) is 12.8 Å². The predicted octanol–water partition coefficient (Wildman–Crippen LogP) is 2.92. The molecule has 1 saturated carbocycles. The zero-order chi connectivity index (χ0) is 18.9. The van der Waals surface area contributed by atoms with Crippen LogP contribution in [0.25, 0.3) is 0 Å². The highest BCUT2D eigenvalue weighted by atomic mass is 35.5. The van der Waals surface area contributed by atoms with E-state index in [4.69, 9.17) is 0 Å². The summed E-state index contributed by atoms with van der Waals surface area (Å²) in [5, 5.41) is 6.79. The number of nitrogens with zero attached hydrogens (tertiary/aromatic N) is 1. The first-order valence-electron chi connectivity index (χ1n) is 10.5. The van der Waals surface area contributed by atoms with Gasteiger partial charge in [-0.3, -0.25) is 9.59 Å². The molecule has 2 heterocycles. The molecule has 0 aromatic heterocycles. The van der Waals surface area contributed by atoms with Crippen LogP contribution in [0.15, 0.2) is 24.3 Å². The van der Waals surface area contributed by atoms with Gasteiger partial charge in [0.05, 0.1) is 5.41 Å². The fourth-order valence-corrected chi connectivity index (χ4v) is 5.13. The van der Waals surface area contributed by atoms with Crippen molar-refractivity contribution < 1.29 is 9.59 Å². The van der Waals surface area contributed by atoms with Crippen molar-refractivity contribution in [3.63, 3.8) is 0 Å². The van der Waals surface area contributed by atoms with Gasteiger partial charge in [-0.1, -0.05) is 30.5 Å². The van der Waals surface area contributed by atoms with E-state index in [1.807, 2.05) is 36.1 Å². The molecule has 2 amide bonds. The number of hydrogen-bond acceptors (Lipinski definition) is 3. The van der Waals surface area contributed by atoms with E-state index in [0.717, 1.165) is 49.9 Å². The molecule has 2 saturated heterocycles. The highest BCUT2D eigenvalue weighted by molar-refractivity contribution is 5.94. The van der Waals surface area contributed by atoms with Crippen molar-refractivity contribution in [3.05, 3.63) is 35.4 Å². The third-order valence-electron chi connectivity index (χ3n) is 6.91. The van der Waals surface area contributed by atoms with Crippen LogP contribution in [0, 0.1) is 18.3 Å². The molecule has 3 aliphatic rings. The largest absolute Gasteiger partial charge is 0.353 e. The number of hydrogen-bond donors (Lipinski definition) is 2. The third-order valence-corrected chi connectivity index (χ3v) is 6.91. The second kappa shape index (κ2) is 8.83. The van der Waals surface area contributed by atoms with E-state index >= 15 is 0 Å². The molecule has 2 atom stereocenters. The molecule has 3 fully saturated rings. The Balaban J connectivity index is 0.00000225. The number of piperidine rings is 1. The van der Waals surface area contributed by atoms with Crippen LogP contribution in [0.3, 0.4) is 0 Å². The Hall–Kier alpha value is -1.59. The summed E-state index contributed by atoms with van der Waals surface area (Å²) in [7, 11) is 0. The van der Waals surface area contributed by atoms with Gasteiger partial charge in [0.2, 0.25) is 5.91 Å². The second-order valence-electron chi connectivity index (χ2n) is 8.64. The number of likely N-dealkylation sites (tertiary alicyclic amines) is 1. The molecule has 1 aromatic carbocycles. The van der Waals surface area contributed by atoms with Gasteiger partial charge in [0, 0.05) is 31.2 Å². The second-order valence-corrected chi connectivity index (χ2v) is 8.64. The topological polar surface area (TPSA) is 61.4 Å². The van der Waals surface area contributed by atoms with E-state index in [0.29, 0.717) is 19.0 Å². The molecule has 2 aliphatic heterocycles. The lowest BCUT2D eigenvalue weighted by molar-refractivity contribution is -0.135. The average molecular weight is 406 g/mol. The fraction of sp³-hybridized carbons (Fsp3) is 0.636. The van der Waals surface area contributed by atoms with Crippen molar-refractivity contribution in [1.82, 2.24) is 15.5 Å². The molecular formula is C22H32ClN3O2. The first-order chi connectivity index (χ1) is 13.1. The van der Waals surface area contributed by atoms with Gasteiger partial charge < -0.3 is 15.5 Å². The molecule has 2 N–H and O–H groups in total. The Labute approximate surface area is 174 Å². The summed E-state index contributed by atoms with van der Waals surface area (Å²) in [6.45, 7) is 5.27. The van der Waals surface area contributed by atoms with Gasteiger partial charge in [0.15, 0.2) is 0 Å². The Morgan fingerprint density at radius 3 is 2.54 bits per heavy atom. The molecule has 0 spiro atoms. The molecule has 28 heavy (non-hydrogen) atoms. The Bertz CT molecular complexity index is 700. The summed E-state index contributed by atoms with van der Waals surface area (Å²) < 4.78 is 0. The molecule has 0 unspecified atom stereocenters. The summed E-state index contributed by atoms with van der Waals surface area (Å²) in [6, 6.07) is 7.96. The standard InChI is InChI=1S/C22H31N3O2.ClH/c1-16-5-7-17(8-6-16)20(26)25-12-9-19(10-13-25)24-21(27)22-11-3-2-4-18(22)14-23-15-22;/h5-8,18-19,23H,2-4,9-15H2,1H3,(H,24,27);1H/t18-,22+;/m0./s1. The molecule has 5 nitrogen and oxygen atoms in total. The third kappa shape index (κ3) is 4.06. The van der Waals surface area contributed by atoms with Crippen molar-refractivity contribution in [3.8, 4) is 0 Å². The Morgan fingerprint density at radius 2 is 1.82 bits per heavy atom. The van der Waals surface area contributed by atoms with Crippen molar-refractivity contribution in [1.29, 1.82) is 0 Å².